The maximum atomic E-state index is 12.0. The number of esters is 1. The summed E-state index contributed by atoms with van der Waals surface area (Å²) in [6.45, 7) is 0.584. The predicted octanol–water partition coefficient (Wildman–Crippen LogP) is 2.06. The molecule has 5 heteroatoms. The fourth-order valence-corrected chi connectivity index (χ4v) is 1.96. The average molecular weight is 313 g/mol. The van der Waals surface area contributed by atoms with Crippen molar-refractivity contribution in [3.63, 3.8) is 0 Å². The number of carbonyl (C=O) groups is 2. The number of ether oxygens (including phenoxy) is 2. The molecule has 1 N–H and O–H groups in total. The summed E-state index contributed by atoms with van der Waals surface area (Å²) in [4.78, 5) is 22.7. The fraction of sp³-hybridized carbons (Fsp3) is 0.222. The van der Waals surface area contributed by atoms with Gasteiger partial charge in [0.15, 0.2) is 6.04 Å². The van der Waals surface area contributed by atoms with Crippen LogP contribution < -0.4 is 5.32 Å². The van der Waals surface area contributed by atoms with Crippen molar-refractivity contribution >= 4 is 12.4 Å². The van der Waals surface area contributed by atoms with Crippen LogP contribution in [0.25, 0.3) is 0 Å². The van der Waals surface area contributed by atoms with Gasteiger partial charge in [-0.25, -0.2) is 4.79 Å². The molecule has 23 heavy (non-hydrogen) atoms. The van der Waals surface area contributed by atoms with Gasteiger partial charge in [0, 0.05) is 0 Å². The zero-order chi connectivity index (χ0) is 16.3. The van der Waals surface area contributed by atoms with E-state index in [1.807, 2.05) is 60.7 Å². The van der Waals surface area contributed by atoms with Crippen molar-refractivity contribution < 1.29 is 19.1 Å². The third kappa shape index (κ3) is 5.92. The number of rotatable bonds is 9. The van der Waals surface area contributed by atoms with Crippen LogP contribution in [0.4, 0.5) is 0 Å². The molecular weight excluding hydrogens is 294 g/mol. The minimum atomic E-state index is -0.820. The Morgan fingerprint density at radius 3 is 2.09 bits per heavy atom. The molecule has 1 amide bonds. The van der Waals surface area contributed by atoms with Gasteiger partial charge in [-0.15, -0.1) is 0 Å². The Hall–Kier alpha value is -2.66. The van der Waals surface area contributed by atoms with Crippen LogP contribution in [0.1, 0.15) is 11.1 Å². The number of carbonyl (C=O) groups excluding carboxylic acids is 2. The first-order valence-corrected chi connectivity index (χ1v) is 7.31. The third-order valence-corrected chi connectivity index (χ3v) is 3.17. The molecule has 5 nitrogen and oxygen atoms in total. The Labute approximate surface area is 135 Å². The molecule has 0 fully saturated rings. The summed E-state index contributed by atoms with van der Waals surface area (Å²) in [6, 6.07) is 18.1. The van der Waals surface area contributed by atoms with Crippen LogP contribution in [0.3, 0.4) is 0 Å². The van der Waals surface area contributed by atoms with E-state index >= 15 is 0 Å². The van der Waals surface area contributed by atoms with Crippen molar-refractivity contribution in [2.24, 2.45) is 0 Å². The van der Waals surface area contributed by atoms with Gasteiger partial charge in [-0.05, 0) is 11.1 Å². The van der Waals surface area contributed by atoms with Gasteiger partial charge in [0.25, 0.3) is 0 Å². The molecule has 0 aliphatic carbocycles. The lowest BCUT2D eigenvalue weighted by Crippen LogP contribution is -2.41. The summed E-state index contributed by atoms with van der Waals surface area (Å²) in [7, 11) is 0. The molecule has 0 saturated heterocycles. The second-order valence-electron chi connectivity index (χ2n) is 4.93. The lowest BCUT2D eigenvalue weighted by atomic mass is 10.2. The number of nitrogens with one attached hydrogen (secondary N) is 1. The minimum absolute atomic E-state index is 0.0568. The van der Waals surface area contributed by atoms with E-state index in [1.165, 1.54) is 0 Å². The molecule has 0 aliphatic heterocycles. The fourth-order valence-electron chi connectivity index (χ4n) is 1.96. The van der Waals surface area contributed by atoms with Crippen molar-refractivity contribution in [1.82, 2.24) is 5.32 Å². The largest absolute Gasteiger partial charge is 0.459 e. The smallest absolute Gasteiger partial charge is 0.331 e. The molecule has 1 atom stereocenters. The summed E-state index contributed by atoms with van der Waals surface area (Å²) in [5.41, 5.74) is 1.88. The second-order valence-corrected chi connectivity index (χ2v) is 4.93. The molecule has 2 rings (SSSR count). The molecule has 0 aromatic heterocycles. The van der Waals surface area contributed by atoms with Crippen LogP contribution in [0.2, 0.25) is 0 Å². The van der Waals surface area contributed by atoms with Gasteiger partial charge >= 0.3 is 5.97 Å². The highest BCUT2D eigenvalue weighted by atomic mass is 16.5. The molecule has 2 aromatic carbocycles. The van der Waals surface area contributed by atoms with Crippen molar-refractivity contribution in [2.75, 3.05) is 6.61 Å². The Balaban J connectivity index is 1.79. The molecule has 2 aromatic rings. The lowest BCUT2D eigenvalue weighted by Gasteiger charge is -2.15. The van der Waals surface area contributed by atoms with Gasteiger partial charge in [0.05, 0.1) is 13.2 Å². The van der Waals surface area contributed by atoms with E-state index in [0.29, 0.717) is 13.0 Å². The van der Waals surface area contributed by atoms with Crippen LogP contribution in [-0.4, -0.2) is 25.0 Å². The van der Waals surface area contributed by atoms with Gasteiger partial charge in [-0.3, -0.25) is 4.79 Å². The van der Waals surface area contributed by atoms with Gasteiger partial charge < -0.3 is 14.8 Å². The number of benzene rings is 2. The Morgan fingerprint density at radius 2 is 1.52 bits per heavy atom. The highest BCUT2D eigenvalue weighted by molar-refractivity contribution is 5.78. The summed E-state index contributed by atoms with van der Waals surface area (Å²) < 4.78 is 10.7. The van der Waals surface area contributed by atoms with E-state index in [0.717, 1.165) is 11.1 Å². The molecule has 0 saturated carbocycles. The summed E-state index contributed by atoms with van der Waals surface area (Å²) >= 11 is 0. The molecule has 120 valence electrons. The number of hydrogen-bond acceptors (Lipinski definition) is 4. The number of hydrogen-bond donors (Lipinski definition) is 1. The van der Waals surface area contributed by atoms with Crippen molar-refractivity contribution in [2.45, 2.75) is 19.3 Å². The Morgan fingerprint density at radius 1 is 0.957 bits per heavy atom. The zero-order valence-electron chi connectivity index (χ0n) is 12.7. The first-order valence-electron chi connectivity index (χ1n) is 7.31. The lowest BCUT2D eigenvalue weighted by molar-refractivity contribution is -0.150. The predicted molar refractivity (Wildman–Crippen MR) is 85.3 cm³/mol. The molecule has 1 unspecified atom stereocenters. The van der Waals surface area contributed by atoms with E-state index < -0.39 is 12.0 Å². The first kappa shape index (κ1) is 16.7. The number of amides is 1. The zero-order valence-corrected chi connectivity index (χ0v) is 12.7. The van der Waals surface area contributed by atoms with Crippen LogP contribution in [-0.2, 0) is 32.3 Å². The minimum Gasteiger partial charge on any atom is -0.459 e. The van der Waals surface area contributed by atoms with Crippen LogP contribution in [0.15, 0.2) is 60.7 Å². The molecule has 0 aliphatic rings. The monoisotopic (exact) mass is 313 g/mol. The summed E-state index contributed by atoms with van der Waals surface area (Å²) in [6.07, 6.45) is 0.473. The van der Waals surface area contributed by atoms with Gasteiger partial charge in [-0.1, -0.05) is 60.7 Å². The normalized spacial score (nSPS) is 11.5. The molecule has 0 radical (unpaired) electrons. The summed E-state index contributed by atoms with van der Waals surface area (Å²) in [5.74, 6) is -0.519. The second kappa shape index (κ2) is 9.38. The maximum absolute atomic E-state index is 12.0. The quantitative estimate of drug-likeness (QED) is 0.568. The van der Waals surface area contributed by atoms with E-state index in [9.17, 15) is 9.59 Å². The van der Waals surface area contributed by atoms with Crippen molar-refractivity contribution in [1.29, 1.82) is 0 Å². The van der Waals surface area contributed by atoms with Gasteiger partial charge in [0.2, 0.25) is 6.41 Å². The van der Waals surface area contributed by atoms with E-state index in [1.54, 1.807) is 0 Å². The van der Waals surface area contributed by atoms with E-state index in [2.05, 4.69) is 5.32 Å². The third-order valence-electron chi connectivity index (χ3n) is 3.17. The highest BCUT2D eigenvalue weighted by Crippen LogP contribution is 2.04. The average Bonchev–Trinajstić information content (AvgIpc) is 2.61. The van der Waals surface area contributed by atoms with Crippen LogP contribution >= 0.6 is 0 Å². The SMILES string of the molecule is O=CNC(COCc1ccccc1)C(=O)OCc1ccccc1. The van der Waals surface area contributed by atoms with Crippen LogP contribution in [0.5, 0.6) is 0 Å². The Bertz CT molecular complexity index is 601. The molecule has 0 spiro atoms. The summed E-state index contributed by atoms with van der Waals surface area (Å²) in [5, 5.41) is 2.42. The van der Waals surface area contributed by atoms with Gasteiger partial charge in [-0.2, -0.15) is 0 Å². The highest BCUT2D eigenvalue weighted by Gasteiger charge is 2.19. The van der Waals surface area contributed by atoms with Crippen molar-refractivity contribution in [3.05, 3.63) is 71.8 Å². The molecule has 0 heterocycles. The molecular formula is C18H19NO4. The Kier molecular flexibility index (Phi) is 6.81. The van der Waals surface area contributed by atoms with E-state index in [-0.39, 0.29) is 13.2 Å². The first-order chi connectivity index (χ1) is 11.3. The molecule has 0 bridgehead atoms. The maximum Gasteiger partial charge on any atom is 0.331 e. The van der Waals surface area contributed by atoms with E-state index in [4.69, 9.17) is 9.47 Å². The topological polar surface area (TPSA) is 64.6 Å². The van der Waals surface area contributed by atoms with Crippen LogP contribution in [0, 0.1) is 0 Å². The van der Waals surface area contributed by atoms with Gasteiger partial charge in [0.1, 0.15) is 6.61 Å². The standard InChI is InChI=1S/C18H19NO4/c20-14-19-17(13-22-11-15-7-3-1-4-8-15)18(21)23-12-16-9-5-2-6-10-16/h1-10,14,17H,11-13H2,(H,19,20). The van der Waals surface area contributed by atoms with Crippen molar-refractivity contribution in [3.8, 4) is 0 Å².